The smallest absolute Gasteiger partial charge is 0.423 e. The average Bonchev–Trinajstić information content (AvgIpc) is 3.63. The van der Waals surface area contributed by atoms with Crippen molar-refractivity contribution in [3.8, 4) is 0 Å². The summed E-state index contributed by atoms with van der Waals surface area (Å²) in [5.74, 6) is -16.6. The van der Waals surface area contributed by atoms with E-state index in [0.29, 0.717) is 9.52 Å². The fourth-order valence-corrected chi connectivity index (χ4v) is 12.0. The Bertz CT molecular complexity index is 2310. The lowest BCUT2D eigenvalue weighted by atomic mass is 9.68. The highest BCUT2D eigenvalue weighted by Crippen LogP contribution is 2.74. The van der Waals surface area contributed by atoms with Gasteiger partial charge in [0.2, 0.25) is 0 Å². The maximum atomic E-state index is 16.2. The number of hydrogen-bond acceptors (Lipinski definition) is 6. The van der Waals surface area contributed by atoms with E-state index < -0.39 is 70.7 Å². The normalized spacial score (nSPS) is 36.4. The molecule has 2 aromatic rings. The molecular weight excluding hydrogens is 743 g/mol. The van der Waals surface area contributed by atoms with Crippen LogP contribution in [0.5, 0.6) is 0 Å². The van der Waals surface area contributed by atoms with Gasteiger partial charge in [-0.1, -0.05) is 12.1 Å². The van der Waals surface area contributed by atoms with E-state index in [-0.39, 0.29) is 53.5 Å². The van der Waals surface area contributed by atoms with E-state index in [1.807, 2.05) is 0 Å². The van der Waals surface area contributed by atoms with Crippen LogP contribution in [0.4, 0.5) is 26.3 Å². The van der Waals surface area contributed by atoms with Crippen LogP contribution in [0.25, 0.3) is 22.8 Å². The molecule has 2 N–H and O–H groups in total. The van der Waals surface area contributed by atoms with Gasteiger partial charge in [0, 0.05) is 58.4 Å². The summed E-state index contributed by atoms with van der Waals surface area (Å²) in [6.45, 7) is 16.2. The largest absolute Gasteiger partial charge is 0.624 e. The Labute approximate surface area is 308 Å². The van der Waals surface area contributed by atoms with Gasteiger partial charge >= 0.3 is 29.4 Å². The average molecular weight is 781 g/mol. The molecule has 6 aliphatic rings. The molecular formula is C37H38F6N4O4S2+2. The van der Waals surface area contributed by atoms with Crippen LogP contribution in [0.3, 0.4) is 0 Å². The number of quaternary nitrogens is 2. The van der Waals surface area contributed by atoms with Gasteiger partial charge in [-0.2, -0.15) is 26.3 Å². The van der Waals surface area contributed by atoms with E-state index in [1.54, 1.807) is 69.2 Å². The van der Waals surface area contributed by atoms with Crippen molar-refractivity contribution in [2.45, 2.75) is 128 Å². The van der Waals surface area contributed by atoms with Crippen LogP contribution in [0.1, 0.15) is 69.2 Å². The van der Waals surface area contributed by atoms with E-state index in [1.165, 1.54) is 36.4 Å². The second kappa shape index (κ2) is 9.85. The zero-order chi connectivity index (χ0) is 39.4. The monoisotopic (exact) mass is 780 g/mol. The predicted octanol–water partition coefficient (Wildman–Crippen LogP) is 3.24. The number of allylic oxidation sites excluding steroid dienone is 2. The summed E-state index contributed by atoms with van der Waals surface area (Å²) < 4.78 is 94.0. The van der Waals surface area contributed by atoms with Gasteiger partial charge in [-0.05, 0) is 87.4 Å². The number of halogens is 6. The summed E-state index contributed by atoms with van der Waals surface area (Å²) in [6.07, 6.45) is 0. The Kier molecular flexibility index (Phi) is 6.87. The molecule has 2 saturated heterocycles. The van der Waals surface area contributed by atoms with E-state index in [4.69, 9.17) is 0 Å². The van der Waals surface area contributed by atoms with Crippen molar-refractivity contribution in [1.82, 2.24) is 0 Å². The first-order valence-electron chi connectivity index (χ1n) is 17.1. The van der Waals surface area contributed by atoms with E-state index >= 15 is 26.3 Å². The molecule has 282 valence electrons. The highest BCUT2D eigenvalue weighted by molar-refractivity contribution is 8.05. The van der Waals surface area contributed by atoms with Gasteiger partial charge in [0.1, 0.15) is 20.0 Å². The predicted molar refractivity (Wildman–Crippen MR) is 188 cm³/mol. The van der Waals surface area contributed by atoms with Crippen molar-refractivity contribution in [2.75, 3.05) is 0 Å². The van der Waals surface area contributed by atoms with Gasteiger partial charge < -0.3 is 10.4 Å². The van der Waals surface area contributed by atoms with Gasteiger partial charge in [0.05, 0.1) is 9.49 Å². The standard InChI is InChI=1S/C37H38F6N4O4S2/c1-29(2)30(3,4)45(49)27(44(29)48)17-11-13-19-21(15-17)52-33(9)23(19)25-26(36(40,41)37(42,43)35(25,38)39)24-20-14-12-18(16-22(20)53-34(24,33)10)28-46(50)31(5,6)32(7,8)47(28)51/h11-16,44,46H,1-10H3/q+2/b27-17-,28-18-/t33-,34-/m1/s1. The fourth-order valence-electron chi connectivity index (χ4n) is 8.68. The van der Waals surface area contributed by atoms with Crippen molar-refractivity contribution < 1.29 is 46.0 Å². The van der Waals surface area contributed by atoms with Gasteiger partial charge in [-0.15, -0.1) is 23.5 Å². The Hall–Kier alpha value is -3.02. The molecule has 0 saturated carbocycles. The first-order valence-corrected chi connectivity index (χ1v) is 18.7. The summed E-state index contributed by atoms with van der Waals surface area (Å²) in [4.78, 5) is 27.6. The van der Waals surface area contributed by atoms with Crippen LogP contribution >= 0.6 is 23.5 Å². The quantitative estimate of drug-likeness (QED) is 0.243. The molecule has 53 heavy (non-hydrogen) atoms. The number of hydroxylamine groups is 4. The van der Waals surface area contributed by atoms with Gasteiger partial charge in [0.15, 0.2) is 11.1 Å². The van der Waals surface area contributed by atoms with E-state index in [0.717, 1.165) is 23.5 Å². The van der Waals surface area contributed by atoms with Gasteiger partial charge in [0.25, 0.3) is 11.1 Å². The molecule has 2 aromatic carbocycles. The lowest BCUT2D eigenvalue weighted by Gasteiger charge is -2.48. The van der Waals surface area contributed by atoms with Crippen LogP contribution in [0.2, 0.25) is 0 Å². The molecule has 2 fully saturated rings. The molecule has 0 radical (unpaired) electrons. The van der Waals surface area contributed by atoms with Crippen molar-refractivity contribution in [3.05, 3.63) is 88.6 Å². The van der Waals surface area contributed by atoms with E-state index in [2.05, 4.69) is 0 Å². The number of nitrogens with one attached hydrogen (secondary N) is 2. The Balaban J connectivity index is 1.44. The number of rotatable bonds is 0. The van der Waals surface area contributed by atoms with Crippen LogP contribution in [0, 0.1) is 20.2 Å². The lowest BCUT2D eigenvalue weighted by Crippen LogP contribution is -3.12. The molecule has 0 spiro atoms. The minimum atomic E-state index is -5.78. The van der Waals surface area contributed by atoms with Crippen LogP contribution < -0.4 is 31.0 Å². The third-order valence-corrected chi connectivity index (χ3v) is 17.0. The zero-order valence-corrected chi connectivity index (χ0v) is 32.2. The summed E-state index contributed by atoms with van der Waals surface area (Å²) in [5, 5.41) is 26.7. The number of thioether (sulfide) groups is 2. The molecule has 16 heteroatoms. The molecule has 4 aliphatic heterocycles. The number of hydrogen-bond donors (Lipinski definition) is 2. The molecule has 0 bridgehead atoms. The molecule has 0 aromatic heterocycles. The second-order valence-electron chi connectivity index (χ2n) is 17.2. The lowest BCUT2D eigenvalue weighted by molar-refractivity contribution is -0.832. The van der Waals surface area contributed by atoms with Crippen LogP contribution in [-0.4, -0.2) is 58.9 Å². The first-order chi connectivity index (χ1) is 24.0. The SMILES string of the molecule is CC1(C)[N+](=O)/C(=c2/ccc3c(c2)S[C@]2(C)C=3C3=C(C4=c5cc/c(=C6/[N+](=O)C(C)(C)C(C)(C)[NH+]6[O-])cc5S[C@]42C)C(F)(F)C(F)(F)C3(F)F)[NH+]([O-])C1(C)C. The third kappa shape index (κ3) is 3.74. The van der Waals surface area contributed by atoms with Crippen molar-refractivity contribution in [2.24, 2.45) is 0 Å². The molecule has 0 amide bonds. The zero-order valence-electron chi connectivity index (χ0n) is 30.6. The molecule has 4 heterocycles. The maximum absolute atomic E-state index is 16.2. The number of alkyl halides is 6. The summed E-state index contributed by atoms with van der Waals surface area (Å²) >= 11 is 2.05. The molecule has 4 atom stereocenters. The minimum Gasteiger partial charge on any atom is -0.624 e. The van der Waals surface area contributed by atoms with E-state index in [9.17, 15) is 20.2 Å². The van der Waals surface area contributed by atoms with Crippen molar-refractivity contribution in [1.29, 1.82) is 0 Å². The summed E-state index contributed by atoms with van der Waals surface area (Å²) in [7, 11) is 0. The topological polar surface area (TPSA) is 95.2 Å². The Morgan fingerprint density at radius 3 is 1.15 bits per heavy atom. The number of nitroso groups, excluding NO2 is 2. The third-order valence-electron chi connectivity index (χ3n) is 13.8. The Morgan fingerprint density at radius 1 is 0.547 bits per heavy atom. The first kappa shape index (κ1) is 36.9. The highest BCUT2D eigenvalue weighted by atomic mass is 32.2. The van der Waals surface area contributed by atoms with Crippen molar-refractivity contribution >= 4 is 46.3 Å². The summed E-state index contributed by atoms with van der Waals surface area (Å²) in [5.41, 5.74) is -8.08. The highest BCUT2D eigenvalue weighted by Gasteiger charge is 2.84. The molecule has 2 unspecified atom stereocenters. The second-order valence-corrected chi connectivity index (χ2v) is 20.1. The van der Waals surface area contributed by atoms with Gasteiger partial charge in [-0.3, -0.25) is 10.1 Å². The minimum absolute atomic E-state index is 0.0278. The summed E-state index contributed by atoms with van der Waals surface area (Å²) in [6, 6.07) is 8.36. The fraction of sp³-hybridized carbons (Fsp3) is 0.514. The molecule has 2 aliphatic carbocycles. The number of benzene rings is 2. The molecule has 8 nitrogen and oxygen atoms in total. The number of fused-ring (bicyclic) bond motifs is 7. The van der Waals surface area contributed by atoms with Crippen LogP contribution in [-0.2, 0) is 0 Å². The van der Waals surface area contributed by atoms with Crippen molar-refractivity contribution in [3.63, 3.8) is 0 Å². The number of nitrogens with zero attached hydrogens (tertiary/aromatic N) is 2. The Morgan fingerprint density at radius 2 is 0.868 bits per heavy atom. The molecule has 8 rings (SSSR count). The van der Waals surface area contributed by atoms with Gasteiger partial charge in [-0.25, -0.2) is 0 Å². The maximum Gasteiger partial charge on any atom is 0.423 e. The van der Waals surface area contributed by atoms with Crippen LogP contribution in [0.15, 0.2) is 57.3 Å².